The summed E-state index contributed by atoms with van der Waals surface area (Å²) in [5.41, 5.74) is 2.98. The lowest BCUT2D eigenvalue weighted by Crippen LogP contribution is -1.99. The van der Waals surface area contributed by atoms with Gasteiger partial charge in [0.15, 0.2) is 0 Å². The van der Waals surface area contributed by atoms with Gasteiger partial charge < -0.3 is 9.30 Å². The van der Waals surface area contributed by atoms with Crippen LogP contribution in [0.25, 0.3) is 0 Å². The van der Waals surface area contributed by atoms with Crippen molar-refractivity contribution in [2.75, 3.05) is 7.11 Å². The van der Waals surface area contributed by atoms with Crippen LogP contribution in [0.15, 0.2) is 12.3 Å². The van der Waals surface area contributed by atoms with E-state index in [-0.39, 0.29) is 5.97 Å². The van der Waals surface area contributed by atoms with E-state index in [0.29, 0.717) is 6.42 Å². The molecule has 0 amide bonds. The molecule has 0 N–H and O–H groups in total. The van der Waals surface area contributed by atoms with E-state index in [1.165, 1.54) is 82.6 Å². The van der Waals surface area contributed by atoms with Crippen LogP contribution in [0.3, 0.4) is 0 Å². The number of unbranched alkanes of at least 4 members (excludes halogenated alkanes) is 8. The highest BCUT2D eigenvalue weighted by atomic mass is 16.5. The Bertz CT molecular complexity index is 451. The standard InChI is InChI=1S/C21H37NO2/c1-4-5-6-12-15-20-17-19(18-22(20)2)14-11-9-7-8-10-13-16-21(23)24-3/h17-18H,4-16H2,1-3H3. The topological polar surface area (TPSA) is 31.2 Å². The Kier molecular flexibility index (Phi) is 11.3. The lowest BCUT2D eigenvalue weighted by molar-refractivity contribution is -0.140. The maximum atomic E-state index is 11.0. The van der Waals surface area contributed by atoms with E-state index in [0.717, 1.165) is 12.8 Å². The van der Waals surface area contributed by atoms with Crippen LogP contribution in [-0.2, 0) is 29.4 Å². The zero-order chi connectivity index (χ0) is 17.6. The Balaban J connectivity index is 2.07. The van der Waals surface area contributed by atoms with Crippen molar-refractivity contribution in [1.82, 2.24) is 4.57 Å². The molecule has 0 saturated heterocycles. The van der Waals surface area contributed by atoms with Crippen LogP contribution < -0.4 is 0 Å². The third-order valence-electron chi connectivity index (χ3n) is 4.78. The molecule has 3 heteroatoms. The molecule has 1 aromatic heterocycles. The molecule has 1 rings (SSSR count). The first-order valence-corrected chi connectivity index (χ1v) is 9.88. The van der Waals surface area contributed by atoms with Crippen LogP contribution in [0.1, 0.15) is 88.8 Å². The molecule has 0 atom stereocenters. The highest BCUT2D eigenvalue weighted by Gasteiger charge is 2.04. The van der Waals surface area contributed by atoms with Gasteiger partial charge in [-0.3, -0.25) is 4.79 Å². The van der Waals surface area contributed by atoms with Gasteiger partial charge in [0.1, 0.15) is 0 Å². The number of esters is 1. The monoisotopic (exact) mass is 335 g/mol. The van der Waals surface area contributed by atoms with Crippen molar-refractivity contribution in [1.29, 1.82) is 0 Å². The van der Waals surface area contributed by atoms with Crippen molar-refractivity contribution in [3.05, 3.63) is 23.5 Å². The molecule has 0 unspecified atom stereocenters. The van der Waals surface area contributed by atoms with E-state index < -0.39 is 0 Å². The van der Waals surface area contributed by atoms with Gasteiger partial charge >= 0.3 is 5.97 Å². The van der Waals surface area contributed by atoms with Crippen molar-refractivity contribution in [3.63, 3.8) is 0 Å². The largest absolute Gasteiger partial charge is 0.469 e. The lowest BCUT2D eigenvalue weighted by Gasteiger charge is -2.02. The minimum Gasteiger partial charge on any atom is -0.469 e. The average Bonchev–Trinajstić information content (AvgIpc) is 2.93. The molecule has 0 fully saturated rings. The van der Waals surface area contributed by atoms with Crippen LogP contribution >= 0.6 is 0 Å². The molecule has 0 saturated carbocycles. The normalized spacial score (nSPS) is 11.0. The van der Waals surface area contributed by atoms with Crippen molar-refractivity contribution < 1.29 is 9.53 Å². The van der Waals surface area contributed by atoms with Gasteiger partial charge in [-0.1, -0.05) is 51.9 Å². The van der Waals surface area contributed by atoms with Gasteiger partial charge in [0.25, 0.3) is 0 Å². The number of carbonyl (C=O) groups excluding carboxylic acids is 1. The quantitative estimate of drug-likeness (QED) is 0.327. The second kappa shape index (κ2) is 13.1. The van der Waals surface area contributed by atoms with E-state index in [1.54, 1.807) is 0 Å². The zero-order valence-electron chi connectivity index (χ0n) is 16.1. The van der Waals surface area contributed by atoms with E-state index in [4.69, 9.17) is 0 Å². The van der Waals surface area contributed by atoms with Crippen molar-refractivity contribution >= 4 is 5.97 Å². The first kappa shape index (κ1) is 20.8. The molecule has 0 spiro atoms. The van der Waals surface area contributed by atoms with E-state index in [2.05, 4.69) is 35.5 Å². The first-order valence-electron chi connectivity index (χ1n) is 9.88. The van der Waals surface area contributed by atoms with Gasteiger partial charge in [0.05, 0.1) is 7.11 Å². The molecule has 0 aliphatic carbocycles. The zero-order valence-corrected chi connectivity index (χ0v) is 16.1. The molecular formula is C21H37NO2. The van der Waals surface area contributed by atoms with Crippen LogP contribution in [0.5, 0.6) is 0 Å². The first-order chi connectivity index (χ1) is 11.7. The molecule has 1 aromatic rings. The maximum absolute atomic E-state index is 11.0. The fourth-order valence-electron chi connectivity index (χ4n) is 3.21. The second-order valence-electron chi connectivity index (χ2n) is 6.96. The number of aryl methyl sites for hydroxylation is 3. The number of nitrogens with zero attached hydrogens (tertiary/aromatic N) is 1. The summed E-state index contributed by atoms with van der Waals surface area (Å²) in [4.78, 5) is 11.0. The summed E-state index contributed by atoms with van der Waals surface area (Å²) in [5, 5.41) is 0. The molecule has 24 heavy (non-hydrogen) atoms. The van der Waals surface area contributed by atoms with Gasteiger partial charge in [-0.15, -0.1) is 0 Å². The van der Waals surface area contributed by atoms with Crippen molar-refractivity contribution in [2.24, 2.45) is 7.05 Å². The third kappa shape index (κ3) is 9.14. The highest BCUT2D eigenvalue weighted by Crippen LogP contribution is 2.15. The van der Waals surface area contributed by atoms with Crippen LogP contribution in [0.2, 0.25) is 0 Å². The Morgan fingerprint density at radius 1 is 0.958 bits per heavy atom. The van der Waals surface area contributed by atoms with E-state index in [1.807, 2.05) is 0 Å². The van der Waals surface area contributed by atoms with Gasteiger partial charge in [-0.25, -0.2) is 0 Å². The summed E-state index contributed by atoms with van der Waals surface area (Å²) in [7, 11) is 3.64. The number of hydrogen-bond acceptors (Lipinski definition) is 2. The molecular weight excluding hydrogens is 298 g/mol. The molecule has 0 aliphatic heterocycles. The molecule has 138 valence electrons. The van der Waals surface area contributed by atoms with Gasteiger partial charge in [0, 0.05) is 25.4 Å². The fourth-order valence-corrected chi connectivity index (χ4v) is 3.21. The number of aromatic nitrogens is 1. The van der Waals surface area contributed by atoms with Crippen LogP contribution in [0.4, 0.5) is 0 Å². The third-order valence-corrected chi connectivity index (χ3v) is 4.78. The summed E-state index contributed by atoms with van der Waals surface area (Å²) in [5.74, 6) is -0.0791. The summed E-state index contributed by atoms with van der Waals surface area (Å²) >= 11 is 0. The summed E-state index contributed by atoms with van der Waals surface area (Å²) in [6.45, 7) is 2.26. The van der Waals surface area contributed by atoms with E-state index in [9.17, 15) is 4.79 Å². The summed E-state index contributed by atoms with van der Waals surface area (Å²) < 4.78 is 6.97. The minimum atomic E-state index is -0.0791. The lowest BCUT2D eigenvalue weighted by atomic mass is 10.1. The van der Waals surface area contributed by atoms with Crippen LogP contribution in [-0.4, -0.2) is 17.6 Å². The van der Waals surface area contributed by atoms with Crippen molar-refractivity contribution in [3.8, 4) is 0 Å². The Hall–Kier alpha value is -1.25. The Morgan fingerprint density at radius 3 is 2.29 bits per heavy atom. The molecule has 0 bridgehead atoms. The maximum Gasteiger partial charge on any atom is 0.305 e. The summed E-state index contributed by atoms with van der Waals surface area (Å²) in [6, 6.07) is 2.41. The smallest absolute Gasteiger partial charge is 0.305 e. The molecule has 0 aromatic carbocycles. The SMILES string of the molecule is CCCCCCc1cc(CCCCCCCCC(=O)OC)cn1C. The average molecular weight is 336 g/mol. The van der Waals surface area contributed by atoms with Crippen molar-refractivity contribution in [2.45, 2.75) is 90.4 Å². The predicted octanol–water partition coefficient (Wildman–Crippen LogP) is 5.59. The van der Waals surface area contributed by atoms with E-state index >= 15 is 0 Å². The number of ether oxygens (including phenoxy) is 1. The molecule has 0 radical (unpaired) electrons. The number of rotatable bonds is 14. The molecule has 1 heterocycles. The predicted molar refractivity (Wildman–Crippen MR) is 101 cm³/mol. The molecule has 0 aliphatic rings. The number of methoxy groups -OCH3 is 1. The van der Waals surface area contributed by atoms with Gasteiger partial charge in [-0.2, -0.15) is 0 Å². The fraction of sp³-hybridized carbons (Fsp3) is 0.762. The van der Waals surface area contributed by atoms with Gasteiger partial charge in [0.2, 0.25) is 0 Å². The number of hydrogen-bond donors (Lipinski definition) is 0. The Labute approximate surface area is 148 Å². The number of carbonyl (C=O) groups is 1. The second-order valence-corrected chi connectivity index (χ2v) is 6.96. The Morgan fingerprint density at radius 2 is 1.58 bits per heavy atom. The van der Waals surface area contributed by atoms with Gasteiger partial charge in [-0.05, 0) is 43.7 Å². The van der Waals surface area contributed by atoms with Crippen LogP contribution in [0, 0.1) is 0 Å². The minimum absolute atomic E-state index is 0.0791. The molecule has 3 nitrogen and oxygen atoms in total. The summed E-state index contributed by atoms with van der Waals surface area (Å²) in [6.07, 6.45) is 17.8. The highest BCUT2D eigenvalue weighted by molar-refractivity contribution is 5.68.